The van der Waals surface area contributed by atoms with E-state index in [4.69, 9.17) is 4.74 Å². The Morgan fingerprint density at radius 3 is 1.35 bits per heavy atom. The van der Waals surface area contributed by atoms with Crippen LogP contribution in [0.25, 0.3) is 0 Å². The van der Waals surface area contributed by atoms with Crippen LogP contribution in [0.3, 0.4) is 0 Å². The van der Waals surface area contributed by atoms with Crippen LogP contribution in [-0.2, 0) is 4.74 Å². The van der Waals surface area contributed by atoms with Gasteiger partial charge in [0.2, 0.25) is 0 Å². The van der Waals surface area contributed by atoms with Crippen molar-refractivity contribution in [1.82, 2.24) is 0 Å². The second-order valence-corrected chi connectivity index (χ2v) is 5.98. The lowest BCUT2D eigenvalue weighted by Gasteiger charge is -2.33. The molecule has 0 aliphatic rings. The van der Waals surface area contributed by atoms with Crippen molar-refractivity contribution >= 4 is 0 Å². The van der Waals surface area contributed by atoms with Gasteiger partial charge in [-0.2, -0.15) is 10.5 Å². The highest BCUT2D eigenvalue weighted by atomic mass is 16.5. The summed E-state index contributed by atoms with van der Waals surface area (Å²) in [6.07, 6.45) is 1.28. The van der Waals surface area contributed by atoms with Gasteiger partial charge in [0.05, 0.1) is 12.1 Å². The largest absolute Gasteiger partial charge is 0.339 e. The zero-order valence-electron chi connectivity index (χ0n) is 11.9. The number of rotatable bonds is 6. The third-order valence-electron chi connectivity index (χ3n) is 2.52. The van der Waals surface area contributed by atoms with E-state index < -0.39 is 11.2 Å². The summed E-state index contributed by atoms with van der Waals surface area (Å²) in [5, 5.41) is 18.5. The van der Waals surface area contributed by atoms with Gasteiger partial charge in [0.15, 0.2) is 11.2 Å². The average Bonchev–Trinajstić information content (AvgIpc) is 2.15. The second kappa shape index (κ2) is 6.03. The maximum absolute atomic E-state index is 9.24. The smallest absolute Gasteiger partial charge is 0.153 e. The minimum atomic E-state index is -0.881. The molecule has 17 heavy (non-hydrogen) atoms. The van der Waals surface area contributed by atoms with Crippen LogP contribution in [0.5, 0.6) is 0 Å². The first-order valence-corrected chi connectivity index (χ1v) is 6.19. The molecular weight excluding hydrogens is 212 g/mol. The molecule has 0 aromatic rings. The predicted octanol–water partition coefficient (Wildman–Crippen LogP) is 3.66. The van der Waals surface area contributed by atoms with Crippen molar-refractivity contribution in [2.45, 2.75) is 65.6 Å². The van der Waals surface area contributed by atoms with Gasteiger partial charge in [-0.15, -0.1) is 0 Å². The van der Waals surface area contributed by atoms with E-state index in [1.54, 1.807) is 13.8 Å². The van der Waals surface area contributed by atoms with Gasteiger partial charge >= 0.3 is 0 Å². The third-order valence-corrected chi connectivity index (χ3v) is 2.52. The molecule has 0 aromatic heterocycles. The molecule has 2 unspecified atom stereocenters. The van der Waals surface area contributed by atoms with E-state index >= 15 is 0 Å². The van der Waals surface area contributed by atoms with Crippen molar-refractivity contribution in [3.8, 4) is 12.1 Å². The SMILES string of the molecule is CC(C)CC(C)(C#N)OC(C)(C#N)CC(C)C. The first kappa shape index (κ1) is 15.9. The molecule has 96 valence electrons. The van der Waals surface area contributed by atoms with E-state index in [1.807, 2.05) is 27.7 Å². The quantitative estimate of drug-likeness (QED) is 0.707. The molecule has 3 heteroatoms. The fourth-order valence-electron chi connectivity index (χ4n) is 2.28. The van der Waals surface area contributed by atoms with Gasteiger partial charge in [0.1, 0.15) is 0 Å². The Bertz CT molecular complexity index is 292. The number of hydrogen-bond acceptors (Lipinski definition) is 3. The third kappa shape index (κ3) is 5.71. The zero-order valence-corrected chi connectivity index (χ0v) is 11.9. The van der Waals surface area contributed by atoms with E-state index in [9.17, 15) is 10.5 Å². The minimum absolute atomic E-state index is 0.363. The maximum atomic E-state index is 9.24. The van der Waals surface area contributed by atoms with E-state index in [1.165, 1.54) is 0 Å². The molecule has 0 amide bonds. The van der Waals surface area contributed by atoms with Crippen LogP contribution in [0.2, 0.25) is 0 Å². The molecular formula is C14H24N2O. The van der Waals surface area contributed by atoms with Crippen molar-refractivity contribution in [2.24, 2.45) is 11.8 Å². The summed E-state index contributed by atoms with van der Waals surface area (Å²) in [4.78, 5) is 0. The lowest BCUT2D eigenvalue weighted by molar-refractivity contribution is -0.0968. The molecule has 0 aromatic carbocycles. The van der Waals surface area contributed by atoms with Crippen molar-refractivity contribution in [1.29, 1.82) is 10.5 Å². The highest BCUT2D eigenvalue weighted by Crippen LogP contribution is 2.30. The fraction of sp³-hybridized carbons (Fsp3) is 0.857. The predicted molar refractivity (Wildman–Crippen MR) is 68.0 cm³/mol. The number of ether oxygens (including phenoxy) is 1. The van der Waals surface area contributed by atoms with E-state index in [-0.39, 0.29) is 0 Å². The number of nitriles is 2. The van der Waals surface area contributed by atoms with Gasteiger partial charge in [-0.3, -0.25) is 0 Å². The summed E-state index contributed by atoms with van der Waals surface area (Å²) < 4.78 is 5.82. The van der Waals surface area contributed by atoms with Crippen LogP contribution < -0.4 is 0 Å². The monoisotopic (exact) mass is 236 g/mol. The summed E-state index contributed by atoms with van der Waals surface area (Å²) in [5.74, 6) is 0.725. The molecule has 0 rings (SSSR count). The van der Waals surface area contributed by atoms with Crippen LogP contribution in [-0.4, -0.2) is 11.2 Å². The first-order valence-electron chi connectivity index (χ1n) is 6.19. The molecule has 0 N–H and O–H groups in total. The molecule has 0 saturated carbocycles. The number of nitrogens with zero attached hydrogens (tertiary/aromatic N) is 2. The Kier molecular flexibility index (Phi) is 5.66. The summed E-state index contributed by atoms with van der Waals surface area (Å²) >= 11 is 0. The Morgan fingerprint density at radius 2 is 1.18 bits per heavy atom. The minimum Gasteiger partial charge on any atom is -0.339 e. The number of hydrogen-bond donors (Lipinski definition) is 0. The first-order chi connectivity index (χ1) is 7.66. The Hall–Kier alpha value is -1.06. The molecule has 0 aliphatic heterocycles. The highest BCUT2D eigenvalue weighted by Gasteiger charge is 2.37. The zero-order chi connectivity index (χ0) is 13.7. The van der Waals surface area contributed by atoms with Gasteiger partial charge in [-0.25, -0.2) is 0 Å². The molecule has 0 radical (unpaired) electrons. The summed E-state index contributed by atoms with van der Waals surface area (Å²) in [6, 6.07) is 4.40. The summed E-state index contributed by atoms with van der Waals surface area (Å²) in [7, 11) is 0. The standard InChI is InChI=1S/C14H24N2O/c1-11(2)7-13(5,9-15)17-14(6,10-16)8-12(3)4/h11-12H,7-8H2,1-6H3. The maximum Gasteiger partial charge on any atom is 0.153 e. The van der Waals surface area contributed by atoms with Gasteiger partial charge in [0.25, 0.3) is 0 Å². The summed E-state index contributed by atoms with van der Waals surface area (Å²) in [6.45, 7) is 11.7. The van der Waals surface area contributed by atoms with Gasteiger partial charge in [0, 0.05) is 0 Å². The van der Waals surface area contributed by atoms with Crippen molar-refractivity contribution in [2.75, 3.05) is 0 Å². The second-order valence-electron chi connectivity index (χ2n) is 5.98. The van der Waals surface area contributed by atoms with E-state index in [0.29, 0.717) is 24.7 Å². The Labute approximate surface area is 105 Å². The molecule has 0 fully saturated rings. The van der Waals surface area contributed by atoms with Crippen LogP contribution in [0.15, 0.2) is 0 Å². The molecule has 3 nitrogen and oxygen atoms in total. The Balaban J connectivity index is 4.87. The van der Waals surface area contributed by atoms with Crippen molar-refractivity contribution < 1.29 is 4.74 Å². The van der Waals surface area contributed by atoms with Crippen LogP contribution in [0, 0.1) is 34.5 Å². The highest BCUT2D eigenvalue weighted by molar-refractivity contribution is 5.07. The average molecular weight is 236 g/mol. The van der Waals surface area contributed by atoms with Gasteiger partial charge in [-0.05, 0) is 38.5 Å². The molecule has 0 spiro atoms. The topological polar surface area (TPSA) is 56.8 Å². The molecule has 0 heterocycles. The molecule has 2 atom stereocenters. The molecule has 0 bridgehead atoms. The lowest BCUT2D eigenvalue weighted by Crippen LogP contribution is -2.41. The normalized spacial score (nSPS) is 18.2. The van der Waals surface area contributed by atoms with Crippen LogP contribution >= 0.6 is 0 Å². The lowest BCUT2D eigenvalue weighted by atomic mass is 9.91. The Morgan fingerprint density at radius 1 is 0.882 bits per heavy atom. The van der Waals surface area contributed by atoms with Crippen molar-refractivity contribution in [3.63, 3.8) is 0 Å². The van der Waals surface area contributed by atoms with E-state index in [0.717, 1.165) is 0 Å². The van der Waals surface area contributed by atoms with Crippen LogP contribution in [0.1, 0.15) is 54.4 Å². The van der Waals surface area contributed by atoms with Crippen LogP contribution in [0.4, 0.5) is 0 Å². The molecule has 0 saturated heterocycles. The molecule has 0 aliphatic carbocycles. The fourth-order valence-corrected chi connectivity index (χ4v) is 2.28. The summed E-state index contributed by atoms with van der Waals surface area (Å²) in [5.41, 5.74) is -1.76. The van der Waals surface area contributed by atoms with Gasteiger partial charge < -0.3 is 4.74 Å². The van der Waals surface area contributed by atoms with Gasteiger partial charge in [-0.1, -0.05) is 27.7 Å². The van der Waals surface area contributed by atoms with E-state index in [2.05, 4.69) is 12.1 Å². The van der Waals surface area contributed by atoms with Crippen molar-refractivity contribution in [3.05, 3.63) is 0 Å².